The number of anilines is 1. The van der Waals surface area contributed by atoms with Crippen LogP contribution in [-0.2, 0) is 20.1 Å². The van der Waals surface area contributed by atoms with E-state index in [0.29, 0.717) is 13.2 Å². The molecule has 17 heavy (non-hydrogen) atoms. The monoisotopic (exact) mass is 233 g/mol. The summed E-state index contributed by atoms with van der Waals surface area (Å²) in [6.07, 6.45) is 0.829. The molecule has 0 atom stereocenters. The average Bonchev–Trinajstić information content (AvgIpc) is 2.60. The highest BCUT2D eigenvalue weighted by Crippen LogP contribution is 2.43. The van der Waals surface area contributed by atoms with E-state index < -0.39 is 5.79 Å². The van der Waals surface area contributed by atoms with Gasteiger partial charge in [0, 0.05) is 5.56 Å². The van der Waals surface area contributed by atoms with E-state index in [9.17, 15) is 4.79 Å². The Morgan fingerprint density at radius 1 is 1.24 bits per heavy atom. The lowest BCUT2D eigenvalue weighted by Gasteiger charge is -2.31. The molecule has 1 saturated heterocycles. The highest BCUT2D eigenvalue weighted by Gasteiger charge is 2.51. The van der Waals surface area contributed by atoms with Crippen LogP contribution in [0.15, 0.2) is 12.1 Å². The van der Waals surface area contributed by atoms with Gasteiger partial charge in [0.05, 0.1) is 18.9 Å². The van der Waals surface area contributed by atoms with Crippen molar-refractivity contribution in [2.45, 2.75) is 26.1 Å². The molecule has 0 aliphatic carbocycles. The molecule has 1 aromatic carbocycles. The van der Waals surface area contributed by atoms with Gasteiger partial charge < -0.3 is 14.8 Å². The van der Waals surface area contributed by atoms with Crippen molar-refractivity contribution in [2.24, 2.45) is 0 Å². The SMILES string of the molecule is Cc1ccc2c(c1C)NC(=O)C21OCCCO1. The Kier molecular flexibility index (Phi) is 2.24. The van der Waals surface area contributed by atoms with Gasteiger partial charge in [0.2, 0.25) is 0 Å². The number of benzene rings is 1. The molecule has 1 amide bonds. The molecular weight excluding hydrogens is 218 g/mol. The number of nitrogens with one attached hydrogen (secondary N) is 1. The number of hydrogen-bond acceptors (Lipinski definition) is 3. The first-order valence-corrected chi connectivity index (χ1v) is 5.85. The van der Waals surface area contributed by atoms with Crippen LogP contribution in [0, 0.1) is 13.8 Å². The lowest BCUT2D eigenvalue weighted by Crippen LogP contribution is -2.43. The Labute approximate surface area is 99.9 Å². The third-order valence-electron chi connectivity index (χ3n) is 3.53. The summed E-state index contributed by atoms with van der Waals surface area (Å²) in [5.74, 6) is -1.41. The van der Waals surface area contributed by atoms with E-state index in [-0.39, 0.29) is 5.91 Å². The number of rotatable bonds is 0. The number of amides is 1. The molecule has 0 aromatic heterocycles. The molecule has 90 valence electrons. The molecule has 0 saturated carbocycles. The predicted molar refractivity (Wildman–Crippen MR) is 62.7 cm³/mol. The van der Waals surface area contributed by atoms with Crippen molar-refractivity contribution in [3.05, 3.63) is 28.8 Å². The summed E-state index contributed by atoms with van der Waals surface area (Å²) in [6, 6.07) is 3.92. The summed E-state index contributed by atoms with van der Waals surface area (Å²) < 4.78 is 11.3. The quantitative estimate of drug-likeness (QED) is 0.743. The number of carbonyl (C=O) groups is 1. The summed E-state index contributed by atoms with van der Waals surface area (Å²) in [6.45, 7) is 5.13. The van der Waals surface area contributed by atoms with Crippen molar-refractivity contribution >= 4 is 11.6 Å². The van der Waals surface area contributed by atoms with Gasteiger partial charge in [-0.1, -0.05) is 12.1 Å². The van der Waals surface area contributed by atoms with Gasteiger partial charge in [-0.05, 0) is 31.4 Å². The normalized spacial score (nSPS) is 21.4. The van der Waals surface area contributed by atoms with Gasteiger partial charge in [-0.3, -0.25) is 4.79 Å². The minimum absolute atomic E-state index is 0.207. The highest BCUT2D eigenvalue weighted by atomic mass is 16.7. The number of carbonyl (C=O) groups excluding carboxylic acids is 1. The third-order valence-corrected chi connectivity index (χ3v) is 3.53. The minimum Gasteiger partial charge on any atom is -0.338 e. The molecule has 0 bridgehead atoms. The Bertz CT molecular complexity index is 490. The molecule has 2 aliphatic heterocycles. The highest BCUT2D eigenvalue weighted by molar-refractivity contribution is 6.05. The van der Waals surface area contributed by atoms with E-state index in [1.165, 1.54) is 0 Å². The fraction of sp³-hybridized carbons (Fsp3) is 0.462. The van der Waals surface area contributed by atoms with Crippen LogP contribution in [0.5, 0.6) is 0 Å². The van der Waals surface area contributed by atoms with Gasteiger partial charge in [0.25, 0.3) is 11.7 Å². The number of fused-ring (bicyclic) bond motifs is 2. The molecule has 3 rings (SSSR count). The van der Waals surface area contributed by atoms with Crippen molar-refractivity contribution in [2.75, 3.05) is 18.5 Å². The first-order valence-electron chi connectivity index (χ1n) is 5.85. The van der Waals surface area contributed by atoms with Crippen molar-refractivity contribution in [1.82, 2.24) is 0 Å². The molecule has 1 spiro atoms. The zero-order valence-corrected chi connectivity index (χ0v) is 10.0. The van der Waals surface area contributed by atoms with Crippen LogP contribution in [0.1, 0.15) is 23.1 Å². The summed E-state index contributed by atoms with van der Waals surface area (Å²) in [5.41, 5.74) is 3.88. The minimum atomic E-state index is -1.20. The second-order valence-electron chi connectivity index (χ2n) is 4.55. The fourth-order valence-corrected chi connectivity index (χ4v) is 2.39. The van der Waals surface area contributed by atoms with Crippen molar-refractivity contribution < 1.29 is 14.3 Å². The van der Waals surface area contributed by atoms with Gasteiger partial charge >= 0.3 is 0 Å². The molecule has 1 aromatic rings. The summed E-state index contributed by atoms with van der Waals surface area (Å²) >= 11 is 0. The lowest BCUT2D eigenvalue weighted by atomic mass is 10.00. The van der Waals surface area contributed by atoms with Crippen LogP contribution < -0.4 is 5.32 Å². The van der Waals surface area contributed by atoms with E-state index in [0.717, 1.165) is 28.8 Å². The van der Waals surface area contributed by atoms with Crippen molar-refractivity contribution in [3.8, 4) is 0 Å². The predicted octanol–water partition coefficient (Wildman–Crippen LogP) is 1.85. The standard InChI is InChI=1S/C13H15NO3/c1-8-4-5-10-11(9(8)2)14-12(15)13(10)16-6-3-7-17-13/h4-5H,3,6-7H2,1-2H3,(H,14,15). The van der Waals surface area contributed by atoms with Gasteiger partial charge in [-0.25, -0.2) is 0 Å². The van der Waals surface area contributed by atoms with Gasteiger partial charge in [-0.15, -0.1) is 0 Å². The van der Waals surface area contributed by atoms with E-state index in [1.54, 1.807) is 0 Å². The number of hydrogen-bond donors (Lipinski definition) is 1. The lowest BCUT2D eigenvalue weighted by molar-refractivity contribution is -0.255. The molecule has 4 heteroatoms. The average molecular weight is 233 g/mol. The molecule has 4 nitrogen and oxygen atoms in total. The maximum absolute atomic E-state index is 12.1. The largest absolute Gasteiger partial charge is 0.338 e. The Balaban J connectivity index is 2.16. The third kappa shape index (κ3) is 1.34. The zero-order valence-electron chi connectivity index (χ0n) is 10.0. The van der Waals surface area contributed by atoms with E-state index in [2.05, 4.69) is 5.32 Å². The number of ether oxygens (including phenoxy) is 2. The number of aryl methyl sites for hydroxylation is 1. The summed E-state index contributed by atoms with van der Waals surface area (Å²) in [4.78, 5) is 12.1. The maximum Gasteiger partial charge on any atom is 0.289 e. The van der Waals surface area contributed by atoms with Crippen LogP contribution in [0.2, 0.25) is 0 Å². The first-order chi connectivity index (χ1) is 8.15. The molecule has 2 heterocycles. The van der Waals surface area contributed by atoms with Crippen molar-refractivity contribution in [3.63, 3.8) is 0 Å². The maximum atomic E-state index is 12.1. The molecule has 1 N–H and O–H groups in total. The van der Waals surface area contributed by atoms with Crippen LogP contribution in [0.4, 0.5) is 5.69 Å². The van der Waals surface area contributed by atoms with Gasteiger partial charge in [-0.2, -0.15) is 0 Å². The van der Waals surface area contributed by atoms with Crippen LogP contribution in [-0.4, -0.2) is 19.1 Å². The fourth-order valence-electron chi connectivity index (χ4n) is 2.39. The first kappa shape index (κ1) is 10.7. The van der Waals surface area contributed by atoms with E-state index in [1.807, 2.05) is 26.0 Å². The van der Waals surface area contributed by atoms with Crippen LogP contribution in [0.3, 0.4) is 0 Å². The molecular formula is C13H15NO3. The van der Waals surface area contributed by atoms with Crippen LogP contribution >= 0.6 is 0 Å². The van der Waals surface area contributed by atoms with Gasteiger partial charge in [0.15, 0.2) is 0 Å². The molecule has 1 fully saturated rings. The second kappa shape index (κ2) is 3.55. The van der Waals surface area contributed by atoms with E-state index in [4.69, 9.17) is 9.47 Å². The molecule has 2 aliphatic rings. The smallest absolute Gasteiger partial charge is 0.289 e. The Morgan fingerprint density at radius 2 is 1.94 bits per heavy atom. The molecule has 0 radical (unpaired) electrons. The summed E-state index contributed by atoms with van der Waals surface area (Å²) in [5, 5.41) is 2.88. The second-order valence-corrected chi connectivity index (χ2v) is 4.55. The van der Waals surface area contributed by atoms with Gasteiger partial charge in [0.1, 0.15) is 0 Å². The zero-order chi connectivity index (χ0) is 12.0. The van der Waals surface area contributed by atoms with Crippen LogP contribution in [0.25, 0.3) is 0 Å². The Hall–Kier alpha value is -1.39. The molecule has 0 unspecified atom stereocenters. The van der Waals surface area contributed by atoms with E-state index >= 15 is 0 Å². The Morgan fingerprint density at radius 3 is 2.65 bits per heavy atom. The van der Waals surface area contributed by atoms with Crippen molar-refractivity contribution in [1.29, 1.82) is 0 Å². The topological polar surface area (TPSA) is 47.6 Å². The summed E-state index contributed by atoms with van der Waals surface area (Å²) in [7, 11) is 0.